The molecule has 2 aliphatic heterocycles. The number of hydrogen-bond acceptors (Lipinski definition) is 4. The molecule has 20 heavy (non-hydrogen) atoms. The molecule has 4 aliphatic rings. The molecule has 7 unspecified atom stereocenters. The topological polar surface area (TPSA) is 51.4 Å². The van der Waals surface area contributed by atoms with E-state index >= 15 is 0 Å². The first-order chi connectivity index (χ1) is 9.55. The van der Waals surface area contributed by atoms with E-state index in [9.17, 15) is 4.79 Å². The second-order valence-electron chi connectivity index (χ2n) is 7.48. The Morgan fingerprint density at radius 1 is 1.35 bits per heavy atom. The number of esters is 1. The Morgan fingerprint density at radius 2 is 2.20 bits per heavy atom. The fourth-order valence-corrected chi connectivity index (χ4v) is 4.36. The van der Waals surface area contributed by atoms with Gasteiger partial charge in [0.15, 0.2) is 0 Å². The highest BCUT2D eigenvalue weighted by Crippen LogP contribution is 2.49. The summed E-state index contributed by atoms with van der Waals surface area (Å²) < 4.78 is 16.9. The molecular formula is C16H24O4. The maximum absolute atomic E-state index is 12.2. The van der Waals surface area contributed by atoms with Crippen molar-refractivity contribution in [2.75, 3.05) is 6.61 Å². The van der Waals surface area contributed by atoms with E-state index in [-0.39, 0.29) is 17.5 Å². The van der Waals surface area contributed by atoms with Gasteiger partial charge in [-0.05, 0) is 50.9 Å². The van der Waals surface area contributed by atoms with Crippen molar-refractivity contribution in [3.8, 4) is 0 Å². The molecule has 0 aromatic heterocycles. The second kappa shape index (κ2) is 4.44. The number of epoxide rings is 2. The lowest BCUT2D eigenvalue weighted by molar-refractivity contribution is -0.151. The van der Waals surface area contributed by atoms with E-state index in [0.29, 0.717) is 36.8 Å². The van der Waals surface area contributed by atoms with E-state index in [1.165, 1.54) is 0 Å². The Balaban J connectivity index is 1.26. The first kappa shape index (κ1) is 13.1. The fraction of sp³-hybridized carbons (Fsp3) is 0.938. The zero-order chi connectivity index (χ0) is 13.9. The van der Waals surface area contributed by atoms with E-state index in [1.807, 2.05) is 0 Å². The van der Waals surface area contributed by atoms with E-state index in [4.69, 9.17) is 14.2 Å². The minimum Gasteiger partial charge on any atom is -0.465 e. The summed E-state index contributed by atoms with van der Waals surface area (Å²) in [5.74, 6) is 1.03. The molecule has 7 atom stereocenters. The molecule has 112 valence electrons. The van der Waals surface area contributed by atoms with Crippen LogP contribution in [0.3, 0.4) is 0 Å². The van der Waals surface area contributed by atoms with Crippen molar-refractivity contribution in [3.05, 3.63) is 0 Å². The third-order valence-corrected chi connectivity index (χ3v) is 5.72. The predicted octanol–water partition coefficient (Wildman–Crippen LogP) is 2.30. The van der Waals surface area contributed by atoms with Gasteiger partial charge in [0.1, 0.15) is 0 Å². The summed E-state index contributed by atoms with van der Waals surface area (Å²) in [6.45, 7) is 4.93. The molecule has 4 heteroatoms. The normalized spacial score (nSPS) is 52.7. The summed E-state index contributed by atoms with van der Waals surface area (Å²) in [6.07, 6.45) is 6.29. The highest BCUT2D eigenvalue weighted by Gasteiger charge is 2.55. The van der Waals surface area contributed by atoms with Gasteiger partial charge in [-0.25, -0.2) is 0 Å². The summed E-state index contributed by atoms with van der Waals surface area (Å²) >= 11 is 0. The maximum atomic E-state index is 12.2. The van der Waals surface area contributed by atoms with Crippen LogP contribution in [-0.2, 0) is 19.0 Å². The van der Waals surface area contributed by atoms with Crippen LogP contribution in [0.15, 0.2) is 0 Å². The molecule has 2 saturated carbocycles. The van der Waals surface area contributed by atoms with Gasteiger partial charge >= 0.3 is 5.97 Å². The van der Waals surface area contributed by atoms with E-state index in [1.54, 1.807) is 0 Å². The van der Waals surface area contributed by atoms with Crippen LogP contribution in [0.25, 0.3) is 0 Å². The summed E-state index contributed by atoms with van der Waals surface area (Å²) in [4.78, 5) is 12.2. The third kappa shape index (κ3) is 2.27. The van der Waals surface area contributed by atoms with Gasteiger partial charge in [-0.3, -0.25) is 4.79 Å². The van der Waals surface area contributed by atoms with E-state index < -0.39 is 0 Å². The maximum Gasteiger partial charge on any atom is 0.309 e. The van der Waals surface area contributed by atoms with Crippen LogP contribution in [0.2, 0.25) is 0 Å². The zero-order valence-corrected chi connectivity index (χ0v) is 12.3. The Bertz CT molecular complexity index is 423. The molecule has 4 nitrogen and oxygen atoms in total. The van der Waals surface area contributed by atoms with Crippen molar-refractivity contribution in [1.29, 1.82) is 0 Å². The van der Waals surface area contributed by atoms with Gasteiger partial charge in [-0.15, -0.1) is 0 Å². The highest BCUT2D eigenvalue weighted by atomic mass is 16.6. The lowest BCUT2D eigenvalue weighted by Gasteiger charge is -2.25. The molecule has 0 bridgehead atoms. The average molecular weight is 280 g/mol. The summed E-state index contributed by atoms with van der Waals surface area (Å²) in [7, 11) is 0. The number of ether oxygens (including phenoxy) is 3. The molecular weight excluding hydrogens is 256 g/mol. The van der Waals surface area contributed by atoms with Gasteiger partial charge in [0, 0.05) is 0 Å². The van der Waals surface area contributed by atoms with Crippen LogP contribution in [0.1, 0.15) is 46.0 Å². The summed E-state index contributed by atoms with van der Waals surface area (Å²) in [6, 6.07) is 0. The van der Waals surface area contributed by atoms with Gasteiger partial charge in [0.25, 0.3) is 0 Å². The van der Waals surface area contributed by atoms with Gasteiger partial charge in [0.05, 0.1) is 36.4 Å². The zero-order valence-electron chi connectivity index (χ0n) is 12.3. The molecule has 0 aromatic rings. The first-order valence-electron chi connectivity index (χ1n) is 8.05. The monoisotopic (exact) mass is 280 g/mol. The minimum absolute atomic E-state index is 0.00482. The van der Waals surface area contributed by atoms with Gasteiger partial charge < -0.3 is 14.2 Å². The smallest absolute Gasteiger partial charge is 0.309 e. The van der Waals surface area contributed by atoms with Crippen molar-refractivity contribution in [1.82, 2.24) is 0 Å². The van der Waals surface area contributed by atoms with Crippen molar-refractivity contribution in [2.45, 2.75) is 69.9 Å². The van der Waals surface area contributed by atoms with Crippen LogP contribution in [-0.4, -0.2) is 36.5 Å². The molecule has 0 amide bonds. The second-order valence-corrected chi connectivity index (χ2v) is 7.48. The van der Waals surface area contributed by atoms with Crippen LogP contribution in [0.4, 0.5) is 0 Å². The van der Waals surface area contributed by atoms with Crippen LogP contribution >= 0.6 is 0 Å². The van der Waals surface area contributed by atoms with Crippen LogP contribution < -0.4 is 0 Å². The standard InChI is InChI=1S/C16H24O4/c1-9-5-11(6-12-14(9)19-12)15(17)18-8-10-3-4-13-16(2,7-10)20-13/h9-14H,3-8H2,1-2H3. The fourth-order valence-electron chi connectivity index (χ4n) is 4.36. The van der Waals surface area contributed by atoms with Crippen molar-refractivity contribution in [2.24, 2.45) is 17.8 Å². The molecule has 2 saturated heterocycles. The largest absolute Gasteiger partial charge is 0.465 e. The molecule has 0 radical (unpaired) electrons. The molecule has 0 N–H and O–H groups in total. The Morgan fingerprint density at radius 3 is 2.95 bits per heavy atom. The Hall–Kier alpha value is -0.610. The van der Waals surface area contributed by atoms with Gasteiger partial charge in [-0.2, -0.15) is 0 Å². The molecule has 2 heterocycles. The number of carbonyl (C=O) groups is 1. The van der Waals surface area contributed by atoms with Crippen molar-refractivity contribution < 1.29 is 19.0 Å². The summed E-state index contributed by atoms with van der Waals surface area (Å²) in [5, 5.41) is 0. The number of hydrogen-bond donors (Lipinski definition) is 0. The Kier molecular flexibility index (Phi) is 2.90. The van der Waals surface area contributed by atoms with Gasteiger partial charge in [0.2, 0.25) is 0 Å². The van der Waals surface area contributed by atoms with E-state index in [0.717, 1.165) is 32.1 Å². The van der Waals surface area contributed by atoms with E-state index in [2.05, 4.69) is 13.8 Å². The third-order valence-electron chi connectivity index (χ3n) is 5.72. The summed E-state index contributed by atoms with van der Waals surface area (Å²) in [5.41, 5.74) is 0.0871. The molecule has 0 spiro atoms. The number of carbonyl (C=O) groups excluding carboxylic acids is 1. The predicted molar refractivity (Wildman–Crippen MR) is 72.1 cm³/mol. The quantitative estimate of drug-likeness (QED) is 0.588. The highest BCUT2D eigenvalue weighted by molar-refractivity contribution is 5.72. The molecule has 4 rings (SSSR count). The number of fused-ring (bicyclic) bond motifs is 2. The molecule has 4 fully saturated rings. The lowest BCUT2D eigenvalue weighted by atomic mass is 9.82. The first-order valence-corrected chi connectivity index (χ1v) is 8.05. The lowest BCUT2D eigenvalue weighted by Crippen LogP contribution is -2.31. The van der Waals surface area contributed by atoms with Crippen molar-refractivity contribution >= 4 is 5.97 Å². The van der Waals surface area contributed by atoms with Crippen LogP contribution in [0.5, 0.6) is 0 Å². The SMILES string of the molecule is CC1CC(C(=O)OCC2CCC3OC3(C)C2)CC2OC12. The number of rotatable bonds is 3. The van der Waals surface area contributed by atoms with Gasteiger partial charge in [-0.1, -0.05) is 6.92 Å². The molecule has 0 aromatic carbocycles. The average Bonchev–Trinajstić information content (AvgIpc) is 3.28. The van der Waals surface area contributed by atoms with Crippen LogP contribution in [0, 0.1) is 17.8 Å². The molecule has 2 aliphatic carbocycles. The minimum atomic E-state index is -0.00482. The Labute approximate surface area is 120 Å². The van der Waals surface area contributed by atoms with Crippen molar-refractivity contribution in [3.63, 3.8) is 0 Å².